The molecule has 0 fully saturated rings. The molecule has 5 rings (SSSR count). The quantitative estimate of drug-likeness (QED) is 0.171. The predicted molar refractivity (Wildman–Crippen MR) is 154 cm³/mol. The number of carbonyl (C=O) groups excluding carboxylic acids is 1. The van der Waals surface area contributed by atoms with Gasteiger partial charge in [0, 0.05) is 5.56 Å². The highest BCUT2D eigenvalue weighted by Gasteiger charge is 2.32. The first-order chi connectivity index (χ1) is 18.9. The van der Waals surface area contributed by atoms with Gasteiger partial charge in [-0.05, 0) is 70.9 Å². The zero-order valence-corrected chi connectivity index (χ0v) is 23.2. The minimum absolute atomic E-state index is 0.0171. The molecule has 4 aromatic carbocycles. The molecule has 0 saturated heterocycles. The first-order valence-corrected chi connectivity index (χ1v) is 14.3. The number of anilines is 1. The van der Waals surface area contributed by atoms with Crippen molar-refractivity contribution in [1.29, 1.82) is 0 Å². The van der Waals surface area contributed by atoms with Gasteiger partial charge in [-0.25, -0.2) is 0 Å². The number of ether oxygens (including phenoxy) is 1. The van der Waals surface area contributed by atoms with Crippen LogP contribution in [0.1, 0.15) is 18.1 Å². The van der Waals surface area contributed by atoms with E-state index in [-0.39, 0.29) is 28.9 Å². The largest absolute Gasteiger partial charge is 0.490 e. The van der Waals surface area contributed by atoms with E-state index in [1.807, 2.05) is 60.7 Å². The van der Waals surface area contributed by atoms with Crippen LogP contribution in [0.5, 0.6) is 11.5 Å². The van der Waals surface area contributed by atoms with Crippen LogP contribution in [0, 0.1) is 0 Å². The van der Waals surface area contributed by atoms with Gasteiger partial charge in [0.2, 0.25) is 0 Å². The first kappa shape index (κ1) is 26.4. The normalized spacial score (nSPS) is 14.4. The van der Waals surface area contributed by atoms with E-state index in [0.29, 0.717) is 27.0 Å². The van der Waals surface area contributed by atoms with Gasteiger partial charge in [-0.1, -0.05) is 66.7 Å². The summed E-state index contributed by atoms with van der Waals surface area (Å²) in [5, 5.41) is 6.02. The predicted octanol–water partition coefficient (Wildman–Crippen LogP) is 6.45. The van der Waals surface area contributed by atoms with E-state index in [1.54, 1.807) is 43.3 Å². The average molecular weight is 603 g/mol. The van der Waals surface area contributed by atoms with Crippen LogP contribution in [-0.4, -0.2) is 26.6 Å². The fourth-order valence-electron chi connectivity index (χ4n) is 4.02. The molecule has 9 heteroatoms. The second kappa shape index (κ2) is 11.3. The molecule has 0 saturated carbocycles. The number of amides is 1. The van der Waals surface area contributed by atoms with Gasteiger partial charge in [0.25, 0.3) is 5.91 Å². The molecule has 0 spiro atoms. The van der Waals surface area contributed by atoms with E-state index in [4.69, 9.17) is 8.92 Å². The molecule has 1 aliphatic rings. The van der Waals surface area contributed by atoms with Crippen molar-refractivity contribution in [3.05, 3.63) is 124 Å². The Hall–Kier alpha value is -4.21. The third kappa shape index (κ3) is 5.64. The van der Waals surface area contributed by atoms with Crippen LogP contribution in [-0.2, 0) is 14.9 Å². The standard InChI is InChI=1S/C30H23BrN2O5S/c1-2-37-27-20-21(19-26(31)29(27)38-39(35,36)24-16-10-5-11-17-24)18-25-28(22-12-6-3-7-13-22)32-33(30(25)34)23-14-8-4-9-15-23/h3-20H,2H2,1H3/b25-18-. The Balaban J connectivity index is 1.57. The highest BCUT2D eigenvalue weighted by atomic mass is 79.9. The molecule has 196 valence electrons. The van der Waals surface area contributed by atoms with Gasteiger partial charge in [0.05, 0.1) is 22.3 Å². The lowest BCUT2D eigenvalue weighted by Crippen LogP contribution is -2.21. The number of hydrazone groups is 1. The van der Waals surface area contributed by atoms with Crippen molar-refractivity contribution in [2.75, 3.05) is 11.6 Å². The number of hydrogen-bond acceptors (Lipinski definition) is 6. The Morgan fingerprint density at radius 3 is 2.15 bits per heavy atom. The summed E-state index contributed by atoms with van der Waals surface area (Å²) < 4.78 is 37.4. The molecule has 4 aromatic rings. The van der Waals surface area contributed by atoms with Crippen LogP contribution >= 0.6 is 15.9 Å². The Morgan fingerprint density at radius 1 is 0.897 bits per heavy atom. The molecule has 0 atom stereocenters. The molecule has 0 radical (unpaired) electrons. The van der Waals surface area contributed by atoms with Crippen molar-refractivity contribution in [2.45, 2.75) is 11.8 Å². The van der Waals surface area contributed by atoms with Gasteiger partial charge in [-0.15, -0.1) is 0 Å². The third-order valence-electron chi connectivity index (χ3n) is 5.79. The molecule has 1 aliphatic heterocycles. The minimum atomic E-state index is -4.11. The Morgan fingerprint density at radius 2 is 1.51 bits per heavy atom. The molecule has 0 N–H and O–H groups in total. The lowest BCUT2D eigenvalue weighted by Gasteiger charge is -2.15. The molecular weight excluding hydrogens is 580 g/mol. The van der Waals surface area contributed by atoms with Crippen LogP contribution < -0.4 is 13.9 Å². The smallest absolute Gasteiger partial charge is 0.339 e. The summed E-state index contributed by atoms with van der Waals surface area (Å²) >= 11 is 3.44. The summed E-state index contributed by atoms with van der Waals surface area (Å²) in [6, 6.07) is 29.8. The Labute approximate surface area is 235 Å². The SMILES string of the molecule is CCOc1cc(/C=C2\C(=O)N(c3ccccc3)N=C2c2ccccc2)cc(Br)c1OS(=O)(=O)c1ccccc1. The lowest BCUT2D eigenvalue weighted by molar-refractivity contribution is -0.114. The number of carbonyl (C=O) groups is 1. The van der Waals surface area contributed by atoms with E-state index in [9.17, 15) is 13.2 Å². The average Bonchev–Trinajstić information content (AvgIpc) is 3.28. The van der Waals surface area contributed by atoms with Gasteiger partial charge in [0.15, 0.2) is 11.5 Å². The minimum Gasteiger partial charge on any atom is -0.490 e. The molecule has 39 heavy (non-hydrogen) atoms. The topological polar surface area (TPSA) is 85.3 Å². The summed E-state index contributed by atoms with van der Waals surface area (Å²) in [7, 11) is -4.11. The maximum atomic E-state index is 13.6. The van der Waals surface area contributed by atoms with E-state index in [2.05, 4.69) is 21.0 Å². The van der Waals surface area contributed by atoms with Gasteiger partial charge >= 0.3 is 10.1 Å². The summed E-state index contributed by atoms with van der Waals surface area (Å²) in [6.45, 7) is 2.05. The maximum Gasteiger partial charge on any atom is 0.339 e. The van der Waals surface area contributed by atoms with E-state index in [0.717, 1.165) is 5.56 Å². The van der Waals surface area contributed by atoms with E-state index in [1.165, 1.54) is 17.1 Å². The molecule has 0 aliphatic carbocycles. The second-order valence-corrected chi connectivity index (χ2v) is 10.8. The van der Waals surface area contributed by atoms with Gasteiger partial charge in [-0.2, -0.15) is 18.5 Å². The number of halogens is 1. The number of hydrogen-bond donors (Lipinski definition) is 0. The Bertz CT molecular complexity index is 1670. The number of nitrogens with zero attached hydrogens (tertiary/aromatic N) is 2. The summed E-state index contributed by atoms with van der Waals surface area (Å²) in [5.41, 5.74) is 2.92. The van der Waals surface area contributed by atoms with Crippen molar-refractivity contribution < 1.29 is 22.1 Å². The number of rotatable bonds is 8. The molecule has 1 amide bonds. The highest BCUT2D eigenvalue weighted by Crippen LogP contribution is 2.40. The summed E-state index contributed by atoms with van der Waals surface area (Å²) in [6.07, 6.45) is 1.71. The molecule has 1 heterocycles. The van der Waals surface area contributed by atoms with Crippen molar-refractivity contribution in [2.24, 2.45) is 5.10 Å². The maximum absolute atomic E-state index is 13.6. The molecule has 0 bridgehead atoms. The monoisotopic (exact) mass is 602 g/mol. The van der Waals surface area contributed by atoms with Gasteiger partial charge in [0.1, 0.15) is 10.6 Å². The number of benzene rings is 4. The van der Waals surface area contributed by atoms with Crippen LogP contribution in [0.25, 0.3) is 6.08 Å². The molecule has 0 aromatic heterocycles. The van der Waals surface area contributed by atoms with Crippen molar-refractivity contribution in [3.8, 4) is 11.5 Å². The van der Waals surface area contributed by atoms with Crippen molar-refractivity contribution in [1.82, 2.24) is 0 Å². The van der Waals surface area contributed by atoms with Crippen LogP contribution in [0.4, 0.5) is 5.69 Å². The zero-order valence-electron chi connectivity index (χ0n) is 20.8. The van der Waals surface area contributed by atoms with Gasteiger partial charge < -0.3 is 8.92 Å². The van der Waals surface area contributed by atoms with Crippen molar-refractivity contribution >= 4 is 49.4 Å². The van der Waals surface area contributed by atoms with Crippen LogP contribution in [0.15, 0.2) is 123 Å². The third-order valence-corrected chi connectivity index (χ3v) is 7.62. The van der Waals surface area contributed by atoms with Gasteiger partial charge in [-0.3, -0.25) is 4.79 Å². The summed E-state index contributed by atoms with van der Waals surface area (Å²) in [4.78, 5) is 13.6. The van der Waals surface area contributed by atoms with E-state index < -0.39 is 10.1 Å². The molecule has 7 nitrogen and oxygen atoms in total. The lowest BCUT2D eigenvalue weighted by atomic mass is 10.00. The van der Waals surface area contributed by atoms with Crippen molar-refractivity contribution in [3.63, 3.8) is 0 Å². The Kier molecular flexibility index (Phi) is 7.63. The zero-order chi connectivity index (χ0) is 27.4. The molecular formula is C30H23BrN2O5S. The highest BCUT2D eigenvalue weighted by molar-refractivity contribution is 9.10. The fourth-order valence-corrected chi connectivity index (χ4v) is 5.65. The second-order valence-electron chi connectivity index (χ2n) is 8.44. The summed E-state index contributed by atoms with van der Waals surface area (Å²) in [5.74, 6) is -0.0635. The number of para-hydroxylation sites is 1. The first-order valence-electron chi connectivity index (χ1n) is 12.1. The molecule has 0 unspecified atom stereocenters. The van der Waals surface area contributed by atoms with Crippen LogP contribution in [0.3, 0.4) is 0 Å². The van der Waals surface area contributed by atoms with Crippen LogP contribution in [0.2, 0.25) is 0 Å². The van der Waals surface area contributed by atoms with E-state index >= 15 is 0 Å². The fraction of sp³-hybridized carbons (Fsp3) is 0.0667.